The van der Waals surface area contributed by atoms with E-state index in [-0.39, 0.29) is 35.2 Å². The van der Waals surface area contributed by atoms with E-state index in [1.807, 2.05) is 6.08 Å². The van der Waals surface area contributed by atoms with E-state index in [1.165, 1.54) is 32.3 Å². The number of rotatable bonds is 6. The van der Waals surface area contributed by atoms with Gasteiger partial charge in [0.15, 0.2) is 0 Å². The molecule has 202 valence electrons. The van der Waals surface area contributed by atoms with Crippen LogP contribution < -0.4 is 0 Å². The summed E-state index contributed by atoms with van der Waals surface area (Å²) in [5.41, 5.74) is -0.763. The molecule has 2 unspecified atom stereocenters. The summed E-state index contributed by atoms with van der Waals surface area (Å²) in [6, 6.07) is 0. The molecule has 0 aromatic carbocycles. The minimum Gasteiger partial charge on any atom is -0.463 e. The van der Waals surface area contributed by atoms with Crippen LogP contribution in [0.25, 0.3) is 0 Å². The fourth-order valence-corrected chi connectivity index (χ4v) is 8.71. The average Bonchev–Trinajstić information content (AvgIpc) is 3.07. The van der Waals surface area contributed by atoms with E-state index in [9.17, 15) is 24.9 Å². The molecule has 7 heteroatoms. The Hall–Kier alpha value is -1.70. The van der Waals surface area contributed by atoms with Gasteiger partial charge in [-0.05, 0) is 73.5 Å². The molecule has 0 amide bonds. The van der Waals surface area contributed by atoms with E-state index < -0.39 is 29.9 Å². The van der Waals surface area contributed by atoms with Gasteiger partial charge in [0.1, 0.15) is 12.2 Å². The number of carbonyl (C=O) groups excluding carboxylic acids is 2. The molecule has 4 rings (SSSR count). The number of fused-ring (bicyclic) bond motifs is 3. The highest BCUT2D eigenvalue weighted by molar-refractivity contribution is 5.86. The monoisotopic (exact) mass is 504 g/mol. The van der Waals surface area contributed by atoms with Gasteiger partial charge in [-0.25, -0.2) is 4.79 Å². The Labute approximate surface area is 214 Å². The Kier molecular flexibility index (Phi) is 7.26. The first-order chi connectivity index (χ1) is 16.7. The van der Waals surface area contributed by atoms with Gasteiger partial charge in [0.25, 0.3) is 0 Å². The lowest BCUT2D eigenvalue weighted by Crippen LogP contribution is -2.63. The van der Waals surface area contributed by atoms with Gasteiger partial charge in [-0.3, -0.25) is 4.79 Å². The summed E-state index contributed by atoms with van der Waals surface area (Å²) in [5.74, 6) is -0.482. The molecule has 7 nitrogen and oxygen atoms in total. The van der Waals surface area contributed by atoms with Crippen LogP contribution in [0.15, 0.2) is 23.8 Å². The van der Waals surface area contributed by atoms with E-state index in [0.29, 0.717) is 23.8 Å². The number of hydrogen-bond acceptors (Lipinski definition) is 7. The van der Waals surface area contributed by atoms with Gasteiger partial charge < -0.3 is 24.8 Å². The first kappa shape index (κ1) is 27.3. The lowest BCUT2D eigenvalue weighted by molar-refractivity contribution is -0.215. The molecule has 0 spiro atoms. The van der Waals surface area contributed by atoms with Crippen molar-refractivity contribution < 1.29 is 34.4 Å². The summed E-state index contributed by atoms with van der Waals surface area (Å²) in [4.78, 5) is 23.9. The second-order valence-corrected chi connectivity index (χ2v) is 13.1. The van der Waals surface area contributed by atoms with Crippen LogP contribution in [-0.4, -0.2) is 51.9 Å². The zero-order valence-corrected chi connectivity index (χ0v) is 22.5. The Morgan fingerprint density at radius 1 is 1.14 bits per heavy atom. The maximum Gasteiger partial charge on any atom is 0.333 e. The molecule has 0 aromatic heterocycles. The van der Waals surface area contributed by atoms with Crippen LogP contribution in [0.5, 0.6) is 0 Å². The summed E-state index contributed by atoms with van der Waals surface area (Å²) in [6.07, 6.45) is 9.59. The van der Waals surface area contributed by atoms with E-state index in [1.54, 1.807) is 6.08 Å². The third-order valence-corrected chi connectivity index (χ3v) is 10.2. The third kappa shape index (κ3) is 4.79. The van der Waals surface area contributed by atoms with Gasteiger partial charge >= 0.3 is 11.9 Å². The van der Waals surface area contributed by atoms with Crippen LogP contribution in [0.4, 0.5) is 0 Å². The molecule has 1 aliphatic heterocycles. The number of hydrogen-bond donors (Lipinski definition) is 3. The van der Waals surface area contributed by atoms with Crippen LogP contribution in [0.1, 0.15) is 86.0 Å². The second kappa shape index (κ2) is 9.55. The maximum atomic E-state index is 12.3. The van der Waals surface area contributed by atoms with Crippen molar-refractivity contribution in [3.05, 3.63) is 23.8 Å². The summed E-state index contributed by atoms with van der Waals surface area (Å²) in [7, 11) is 0. The molecule has 0 bridgehead atoms. The molecule has 8 atom stereocenters. The molecule has 0 saturated heterocycles. The molecule has 3 fully saturated rings. The predicted octanol–water partition coefficient (Wildman–Crippen LogP) is 4.05. The summed E-state index contributed by atoms with van der Waals surface area (Å²) in [5, 5.41) is 31.7. The van der Waals surface area contributed by atoms with E-state index in [4.69, 9.17) is 9.47 Å². The van der Waals surface area contributed by atoms with Crippen LogP contribution in [0.2, 0.25) is 0 Å². The molecule has 1 heterocycles. The number of ether oxygens (including phenoxy) is 2. The van der Waals surface area contributed by atoms with E-state index in [2.05, 4.69) is 27.7 Å². The lowest BCUT2D eigenvalue weighted by Gasteiger charge is -2.67. The van der Waals surface area contributed by atoms with Crippen molar-refractivity contribution in [3.63, 3.8) is 0 Å². The zero-order chi connectivity index (χ0) is 26.5. The lowest BCUT2D eigenvalue weighted by atomic mass is 9.38. The number of carbonyl (C=O) groups is 2. The van der Waals surface area contributed by atoms with Crippen molar-refractivity contribution in [2.45, 2.75) is 104 Å². The predicted molar refractivity (Wildman–Crippen MR) is 134 cm³/mol. The number of esters is 2. The van der Waals surface area contributed by atoms with Gasteiger partial charge in [-0.15, -0.1) is 0 Å². The van der Waals surface area contributed by atoms with E-state index >= 15 is 0 Å². The molecule has 3 N–H and O–H groups in total. The van der Waals surface area contributed by atoms with Crippen LogP contribution in [0.3, 0.4) is 0 Å². The standard InChI is InChI=1S/C29H44O7/c1-18(30)15-23(31)35-17-29(34)14-10-21-27(4)12-6-11-26(2,3)20(27)9-13-28(21,5)22(29)8-7-19-16-24(32)36-25(19)33/h7-8,16,18,20-22,25,30,33-34H,6,9-15,17H2,1-5H3/b8-7+/t18?,20-,21+,22-,25?,27-,28+,29+/m0/s1. The topological polar surface area (TPSA) is 113 Å². The quantitative estimate of drug-likeness (QED) is 0.468. The van der Waals surface area contributed by atoms with Crippen molar-refractivity contribution in [1.29, 1.82) is 0 Å². The molecular formula is C29H44O7. The fraction of sp³-hybridized carbons (Fsp3) is 0.793. The van der Waals surface area contributed by atoms with E-state index in [0.717, 1.165) is 19.3 Å². The first-order valence-electron chi connectivity index (χ1n) is 13.6. The highest BCUT2D eigenvalue weighted by Crippen LogP contribution is 2.69. The summed E-state index contributed by atoms with van der Waals surface area (Å²) in [6.45, 7) is 10.9. The Morgan fingerprint density at radius 2 is 1.83 bits per heavy atom. The highest BCUT2D eigenvalue weighted by atomic mass is 16.6. The number of aliphatic hydroxyl groups excluding tert-OH is 2. The number of cyclic esters (lactones) is 1. The van der Waals surface area contributed by atoms with Crippen molar-refractivity contribution in [2.24, 2.45) is 34.0 Å². The molecule has 36 heavy (non-hydrogen) atoms. The SMILES string of the molecule is CC(O)CC(=O)OC[C@]1(O)CC[C@H]2[C@@](C)(CC[C@H]3C(C)(C)CCC[C@]23C)[C@@H]1/C=C/C1=CC(=O)OC1O. The van der Waals surface area contributed by atoms with Crippen LogP contribution in [0, 0.1) is 34.0 Å². The minimum atomic E-state index is -1.31. The van der Waals surface area contributed by atoms with Gasteiger partial charge in [0, 0.05) is 17.6 Å². The molecule has 0 aromatic rings. The van der Waals surface area contributed by atoms with Gasteiger partial charge in [0.2, 0.25) is 6.29 Å². The van der Waals surface area contributed by atoms with Crippen molar-refractivity contribution in [3.8, 4) is 0 Å². The highest BCUT2D eigenvalue weighted by Gasteiger charge is 2.64. The first-order valence-corrected chi connectivity index (χ1v) is 13.6. The third-order valence-electron chi connectivity index (χ3n) is 10.2. The van der Waals surface area contributed by atoms with Crippen molar-refractivity contribution in [1.82, 2.24) is 0 Å². The minimum absolute atomic E-state index is 0.121. The largest absolute Gasteiger partial charge is 0.463 e. The van der Waals surface area contributed by atoms with Gasteiger partial charge in [-0.1, -0.05) is 46.3 Å². The van der Waals surface area contributed by atoms with Crippen LogP contribution >= 0.6 is 0 Å². The molecule has 3 saturated carbocycles. The van der Waals surface area contributed by atoms with Gasteiger partial charge in [-0.2, -0.15) is 0 Å². The maximum absolute atomic E-state index is 12.3. The fourth-order valence-electron chi connectivity index (χ4n) is 8.71. The smallest absolute Gasteiger partial charge is 0.333 e. The van der Waals surface area contributed by atoms with Crippen molar-refractivity contribution in [2.75, 3.05) is 6.61 Å². The number of aliphatic hydroxyl groups is 3. The summed E-state index contributed by atoms with van der Waals surface area (Å²) >= 11 is 0. The second-order valence-electron chi connectivity index (χ2n) is 13.1. The molecule has 4 aliphatic rings. The average molecular weight is 505 g/mol. The Morgan fingerprint density at radius 3 is 2.47 bits per heavy atom. The molecule has 3 aliphatic carbocycles. The van der Waals surface area contributed by atoms with Crippen molar-refractivity contribution >= 4 is 11.9 Å². The molecule has 0 radical (unpaired) electrons. The normalized spacial score (nSPS) is 42.8. The Balaban J connectivity index is 1.68. The molecular weight excluding hydrogens is 460 g/mol. The Bertz CT molecular complexity index is 936. The summed E-state index contributed by atoms with van der Waals surface area (Å²) < 4.78 is 10.3. The zero-order valence-electron chi connectivity index (χ0n) is 22.5. The van der Waals surface area contributed by atoms with Gasteiger partial charge in [0.05, 0.1) is 12.5 Å². The van der Waals surface area contributed by atoms with Crippen LogP contribution in [-0.2, 0) is 19.1 Å².